The minimum absolute atomic E-state index is 0.0356. The highest BCUT2D eigenvalue weighted by atomic mass is 16.5. The lowest BCUT2D eigenvalue weighted by Crippen LogP contribution is -2.16. The van der Waals surface area contributed by atoms with Crippen LogP contribution in [0.5, 0.6) is 0 Å². The molecule has 2 N–H and O–H groups in total. The van der Waals surface area contributed by atoms with Crippen LogP contribution in [0.2, 0.25) is 0 Å². The Morgan fingerprint density at radius 2 is 2.00 bits per heavy atom. The fourth-order valence-electron chi connectivity index (χ4n) is 1.26. The van der Waals surface area contributed by atoms with Gasteiger partial charge >= 0.3 is 11.9 Å². The quantitative estimate of drug-likeness (QED) is 0.745. The molecule has 5 heteroatoms. The van der Waals surface area contributed by atoms with Crippen LogP contribution in [0.4, 0.5) is 0 Å². The molecule has 0 bridgehead atoms. The lowest BCUT2D eigenvalue weighted by molar-refractivity contribution is -0.146. The Balaban J connectivity index is 3.09. The molecule has 0 radical (unpaired) electrons. The van der Waals surface area contributed by atoms with Gasteiger partial charge in [0.15, 0.2) is 6.10 Å². The predicted octanol–water partition coefficient (Wildman–Crippen LogP) is 0.981. The zero-order valence-corrected chi connectivity index (χ0v) is 8.71. The van der Waals surface area contributed by atoms with Gasteiger partial charge in [-0.1, -0.05) is 18.2 Å². The standard InChI is InChI=1S/C11H12O5/c1-2-16-11(15)8-6-4-3-5-7(8)9(12)10(13)14/h3-6,9,12H,2H2,1H3,(H,13,14). The summed E-state index contributed by atoms with van der Waals surface area (Å²) in [5, 5.41) is 18.1. The van der Waals surface area contributed by atoms with Gasteiger partial charge in [-0.15, -0.1) is 0 Å². The topological polar surface area (TPSA) is 83.8 Å². The van der Waals surface area contributed by atoms with E-state index >= 15 is 0 Å². The Kier molecular flexibility index (Phi) is 4.02. The number of aliphatic hydroxyl groups excluding tert-OH is 1. The van der Waals surface area contributed by atoms with Gasteiger partial charge in [0, 0.05) is 5.56 Å². The first-order chi connectivity index (χ1) is 7.57. The summed E-state index contributed by atoms with van der Waals surface area (Å²) < 4.78 is 4.76. The van der Waals surface area contributed by atoms with Crippen molar-refractivity contribution in [3.8, 4) is 0 Å². The number of carbonyl (C=O) groups is 2. The number of hydrogen-bond acceptors (Lipinski definition) is 4. The van der Waals surface area contributed by atoms with Gasteiger partial charge in [-0.25, -0.2) is 9.59 Å². The van der Waals surface area contributed by atoms with Gasteiger partial charge < -0.3 is 14.9 Å². The molecule has 0 heterocycles. The molecular weight excluding hydrogens is 212 g/mol. The molecule has 1 aromatic carbocycles. The number of rotatable bonds is 4. The van der Waals surface area contributed by atoms with Gasteiger partial charge in [0.2, 0.25) is 0 Å². The van der Waals surface area contributed by atoms with E-state index in [2.05, 4.69) is 0 Å². The monoisotopic (exact) mass is 224 g/mol. The van der Waals surface area contributed by atoms with Gasteiger partial charge in [-0.3, -0.25) is 0 Å². The number of carboxylic acids is 1. The van der Waals surface area contributed by atoms with E-state index in [1.54, 1.807) is 19.1 Å². The first kappa shape index (κ1) is 12.2. The van der Waals surface area contributed by atoms with E-state index in [1.165, 1.54) is 12.1 Å². The molecule has 0 saturated heterocycles. The van der Waals surface area contributed by atoms with E-state index in [-0.39, 0.29) is 17.7 Å². The predicted molar refractivity (Wildman–Crippen MR) is 55.0 cm³/mol. The Morgan fingerprint density at radius 1 is 1.38 bits per heavy atom. The van der Waals surface area contributed by atoms with Crippen molar-refractivity contribution >= 4 is 11.9 Å². The highest BCUT2D eigenvalue weighted by Gasteiger charge is 2.22. The number of esters is 1. The van der Waals surface area contributed by atoms with Crippen LogP contribution in [0.3, 0.4) is 0 Å². The van der Waals surface area contributed by atoms with Crippen LogP contribution in [0.25, 0.3) is 0 Å². The lowest BCUT2D eigenvalue weighted by Gasteiger charge is -2.10. The Bertz CT molecular complexity index is 399. The molecule has 0 aromatic heterocycles. The van der Waals surface area contributed by atoms with Crippen LogP contribution < -0.4 is 0 Å². The normalized spacial score (nSPS) is 11.9. The van der Waals surface area contributed by atoms with Crippen molar-refractivity contribution in [3.63, 3.8) is 0 Å². The minimum Gasteiger partial charge on any atom is -0.479 e. The SMILES string of the molecule is CCOC(=O)c1ccccc1C(O)C(=O)O. The molecule has 0 saturated carbocycles. The average molecular weight is 224 g/mol. The average Bonchev–Trinajstić information content (AvgIpc) is 2.28. The third kappa shape index (κ3) is 2.58. The van der Waals surface area contributed by atoms with Crippen LogP contribution in [0.15, 0.2) is 24.3 Å². The number of aliphatic carboxylic acids is 1. The van der Waals surface area contributed by atoms with Crippen LogP contribution >= 0.6 is 0 Å². The van der Waals surface area contributed by atoms with Crippen LogP contribution in [-0.2, 0) is 9.53 Å². The number of benzene rings is 1. The molecule has 1 aromatic rings. The number of carbonyl (C=O) groups excluding carboxylic acids is 1. The largest absolute Gasteiger partial charge is 0.479 e. The van der Waals surface area contributed by atoms with Gasteiger partial charge in [-0.05, 0) is 13.0 Å². The molecule has 0 aliphatic carbocycles. The number of carboxylic acid groups (broad SMARTS) is 1. The smallest absolute Gasteiger partial charge is 0.338 e. The van der Waals surface area contributed by atoms with E-state index in [0.29, 0.717) is 0 Å². The Morgan fingerprint density at radius 3 is 2.56 bits per heavy atom. The molecule has 0 spiro atoms. The van der Waals surface area contributed by atoms with Crippen LogP contribution in [0, 0.1) is 0 Å². The van der Waals surface area contributed by atoms with Gasteiger partial charge in [-0.2, -0.15) is 0 Å². The van der Waals surface area contributed by atoms with E-state index in [9.17, 15) is 14.7 Å². The van der Waals surface area contributed by atoms with E-state index in [0.717, 1.165) is 0 Å². The Hall–Kier alpha value is -1.88. The molecule has 16 heavy (non-hydrogen) atoms. The molecule has 0 amide bonds. The van der Waals surface area contributed by atoms with E-state index in [1.807, 2.05) is 0 Å². The third-order valence-electron chi connectivity index (χ3n) is 1.98. The maximum Gasteiger partial charge on any atom is 0.338 e. The highest BCUT2D eigenvalue weighted by molar-refractivity contribution is 5.93. The minimum atomic E-state index is -1.72. The number of aliphatic hydroxyl groups is 1. The van der Waals surface area contributed by atoms with Crippen molar-refractivity contribution in [2.24, 2.45) is 0 Å². The zero-order chi connectivity index (χ0) is 12.1. The summed E-state index contributed by atoms with van der Waals surface area (Å²) in [6.07, 6.45) is -1.72. The first-order valence-corrected chi connectivity index (χ1v) is 4.74. The summed E-state index contributed by atoms with van der Waals surface area (Å²) in [7, 11) is 0. The molecule has 0 aliphatic rings. The van der Waals surface area contributed by atoms with Crippen molar-refractivity contribution in [1.29, 1.82) is 0 Å². The molecule has 0 fully saturated rings. The van der Waals surface area contributed by atoms with E-state index < -0.39 is 18.0 Å². The van der Waals surface area contributed by atoms with Crippen molar-refractivity contribution in [1.82, 2.24) is 0 Å². The van der Waals surface area contributed by atoms with Crippen molar-refractivity contribution in [2.45, 2.75) is 13.0 Å². The summed E-state index contributed by atoms with van der Waals surface area (Å²) in [5.74, 6) is -2.05. The fraction of sp³-hybridized carbons (Fsp3) is 0.273. The zero-order valence-electron chi connectivity index (χ0n) is 8.71. The number of ether oxygens (including phenoxy) is 1. The fourth-order valence-corrected chi connectivity index (χ4v) is 1.26. The second-order valence-corrected chi connectivity index (χ2v) is 3.05. The second-order valence-electron chi connectivity index (χ2n) is 3.05. The molecule has 86 valence electrons. The molecule has 5 nitrogen and oxygen atoms in total. The Labute approximate surface area is 92.3 Å². The summed E-state index contributed by atoms with van der Waals surface area (Å²) in [6, 6.07) is 5.92. The van der Waals surface area contributed by atoms with Gasteiger partial charge in [0.1, 0.15) is 0 Å². The third-order valence-corrected chi connectivity index (χ3v) is 1.98. The maximum absolute atomic E-state index is 11.5. The van der Waals surface area contributed by atoms with Crippen molar-refractivity contribution in [2.75, 3.05) is 6.61 Å². The second kappa shape index (κ2) is 5.27. The molecule has 1 atom stereocenters. The van der Waals surface area contributed by atoms with Crippen LogP contribution in [0.1, 0.15) is 28.9 Å². The van der Waals surface area contributed by atoms with Crippen molar-refractivity contribution < 1.29 is 24.5 Å². The molecule has 0 aliphatic heterocycles. The number of hydrogen-bond donors (Lipinski definition) is 2. The van der Waals surface area contributed by atoms with Crippen molar-refractivity contribution in [3.05, 3.63) is 35.4 Å². The van der Waals surface area contributed by atoms with Crippen LogP contribution in [-0.4, -0.2) is 28.8 Å². The highest BCUT2D eigenvalue weighted by Crippen LogP contribution is 2.19. The summed E-state index contributed by atoms with van der Waals surface area (Å²) in [4.78, 5) is 22.1. The van der Waals surface area contributed by atoms with Gasteiger partial charge in [0.25, 0.3) is 0 Å². The first-order valence-electron chi connectivity index (χ1n) is 4.74. The lowest BCUT2D eigenvalue weighted by atomic mass is 10.0. The molecular formula is C11H12O5. The summed E-state index contributed by atoms with van der Waals surface area (Å²) in [5.41, 5.74) is 0.104. The maximum atomic E-state index is 11.5. The molecule has 1 rings (SSSR count). The molecule has 1 unspecified atom stereocenters. The van der Waals surface area contributed by atoms with Gasteiger partial charge in [0.05, 0.1) is 12.2 Å². The summed E-state index contributed by atoms with van der Waals surface area (Å²) in [6.45, 7) is 1.84. The summed E-state index contributed by atoms with van der Waals surface area (Å²) >= 11 is 0. The van der Waals surface area contributed by atoms with E-state index in [4.69, 9.17) is 9.84 Å².